The molecule has 0 spiro atoms. The molecule has 2 aromatic carbocycles. The van der Waals surface area contributed by atoms with Crippen molar-refractivity contribution in [3.05, 3.63) is 52.3 Å². The summed E-state index contributed by atoms with van der Waals surface area (Å²) in [5.74, 6) is 1.52. The smallest absolute Gasteiger partial charge is 0.253 e. The average molecular weight is 439 g/mol. The zero-order valence-corrected chi connectivity index (χ0v) is 19.0. The molecule has 1 aliphatic heterocycles. The van der Waals surface area contributed by atoms with Gasteiger partial charge in [0.15, 0.2) is 11.5 Å². The number of hydrogen-bond donors (Lipinski definition) is 2. The minimum atomic E-state index is -0.159. The van der Waals surface area contributed by atoms with E-state index in [-0.39, 0.29) is 5.56 Å². The first kappa shape index (κ1) is 21.8. The van der Waals surface area contributed by atoms with E-state index >= 15 is 0 Å². The van der Waals surface area contributed by atoms with E-state index in [0.717, 1.165) is 37.3 Å². The molecule has 32 heavy (non-hydrogen) atoms. The second kappa shape index (κ2) is 9.40. The van der Waals surface area contributed by atoms with Gasteiger partial charge in [0.2, 0.25) is 5.75 Å². The van der Waals surface area contributed by atoms with Gasteiger partial charge in [0.1, 0.15) is 0 Å². The fourth-order valence-electron chi connectivity index (χ4n) is 4.05. The summed E-state index contributed by atoms with van der Waals surface area (Å²) in [4.78, 5) is 20.3. The van der Waals surface area contributed by atoms with Gasteiger partial charge in [0, 0.05) is 61.1 Å². The molecule has 3 aromatic rings. The van der Waals surface area contributed by atoms with Crippen LogP contribution in [-0.4, -0.2) is 64.4 Å². The summed E-state index contributed by atoms with van der Waals surface area (Å²) in [5, 5.41) is 4.11. The lowest BCUT2D eigenvalue weighted by molar-refractivity contribution is 0.313. The monoisotopic (exact) mass is 438 g/mol. The third kappa shape index (κ3) is 4.31. The molecule has 1 aromatic heterocycles. The maximum absolute atomic E-state index is 12.7. The topological polar surface area (TPSA) is 79.1 Å². The van der Waals surface area contributed by atoms with Crippen LogP contribution in [0.1, 0.15) is 5.56 Å². The van der Waals surface area contributed by atoms with Gasteiger partial charge >= 0.3 is 0 Å². The number of benzene rings is 2. The summed E-state index contributed by atoms with van der Waals surface area (Å²) >= 11 is 0. The Kier molecular flexibility index (Phi) is 6.41. The van der Waals surface area contributed by atoms with Crippen molar-refractivity contribution >= 4 is 22.3 Å². The quantitative estimate of drug-likeness (QED) is 0.587. The predicted molar refractivity (Wildman–Crippen MR) is 128 cm³/mol. The van der Waals surface area contributed by atoms with Crippen LogP contribution >= 0.6 is 0 Å². The SMILES string of the molecule is COc1cc2[nH]c(=O)c(CNc3ccc(N4CCN(C)CC4)cc3)cc2c(OC)c1OC. The summed E-state index contributed by atoms with van der Waals surface area (Å²) in [6.45, 7) is 4.60. The summed E-state index contributed by atoms with van der Waals surface area (Å²) in [6.07, 6.45) is 0. The van der Waals surface area contributed by atoms with Crippen molar-refractivity contribution in [3.63, 3.8) is 0 Å². The van der Waals surface area contributed by atoms with E-state index in [1.807, 2.05) is 6.07 Å². The van der Waals surface area contributed by atoms with Crippen LogP contribution in [-0.2, 0) is 6.54 Å². The van der Waals surface area contributed by atoms with Crippen molar-refractivity contribution < 1.29 is 14.2 Å². The summed E-state index contributed by atoms with van der Waals surface area (Å²) in [5.41, 5.74) is 3.25. The van der Waals surface area contributed by atoms with Crippen LogP contribution in [0.25, 0.3) is 10.9 Å². The van der Waals surface area contributed by atoms with Crippen LogP contribution < -0.4 is 30.0 Å². The summed E-state index contributed by atoms with van der Waals surface area (Å²) in [6, 6.07) is 11.9. The second-order valence-electron chi connectivity index (χ2n) is 7.92. The zero-order valence-electron chi connectivity index (χ0n) is 19.0. The zero-order chi connectivity index (χ0) is 22.7. The number of H-pyrrole nitrogens is 1. The Morgan fingerprint density at radius 1 is 0.938 bits per heavy atom. The third-order valence-corrected chi connectivity index (χ3v) is 5.95. The molecule has 0 radical (unpaired) electrons. The number of rotatable bonds is 7. The molecule has 8 heteroatoms. The summed E-state index contributed by atoms with van der Waals surface area (Å²) < 4.78 is 16.4. The molecule has 0 amide bonds. The minimum Gasteiger partial charge on any atom is -0.493 e. The van der Waals surface area contributed by atoms with Crippen molar-refractivity contribution in [2.45, 2.75) is 6.54 Å². The highest BCUT2D eigenvalue weighted by atomic mass is 16.5. The number of hydrogen-bond acceptors (Lipinski definition) is 7. The standard InChI is InChI=1S/C24H30N4O4/c1-27-9-11-28(12-10-27)18-7-5-17(6-8-18)25-15-16-13-19-20(26-24(16)29)14-21(30-2)23(32-4)22(19)31-3/h5-8,13-14,25H,9-12,15H2,1-4H3,(H,26,29). The Morgan fingerprint density at radius 2 is 1.62 bits per heavy atom. The number of aromatic amines is 1. The fourth-order valence-corrected chi connectivity index (χ4v) is 4.05. The van der Waals surface area contributed by atoms with Gasteiger partial charge in [0.05, 0.1) is 26.8 Å². The van der Waals surface area contributed by atoms with Gasteiger partial charge in [-0.3, -0.25) is 4.79 Å². The Hall–Kier alpha value is -3.39. The molecule has 2 heterocycles. The first-order chi connectivity index (χ1) is 15.5. The van der Waals surface area contributed by atoms with Crippen molar-refractivity contribution in [1.29, 1.82) is 0 Å². The van der Waals surface area contributed by atoms with E-state index < -0.39 is 0 Å². The number of aromatic nitrogens is 1. The van der Waals surface area contributed by atoms with Gasteiger partial charge in [-0.25, -0.2) is 0 Å². The van der Waals surface area contributed by atoms with E-state index in [4.69, 9.17) is 14.2 Å². The van der Waals surface area contributed by atoms with E-state index in [1.54, 1.807) is 27.4 Å². The molecule has 1 aliphatic rings. The lowest BCUT2D eigenvalue weighted by atomic mass is 10.1. The first-order valence-electron chi connectivity index (χ1n) is 10.7. The largest absolute Gasteiger partial charge is 0.493 e. The molecular weight excluding hydrogens is 408 g/mol. The van der Waals surface area contributed by atoms with Gasteiger partial charge in [-0.1, -0.05) is 0 Å². The molecule has 2 N–H and O–H groups in total. The molecule has 0 unspecified atom stereocenters. The predicted octanol–water partition coefficient (Wildman–Crippen LogP) is 2.92. The number of nitrogens with one attached hydrogen (secondary N) is 2. The van der Waals surface area contributed by atoms with Crippen molar-refractivity contribution in [3.8, 4) is 17.2 Å². The second-order valence-corrected chi connectivity index (χ2v) is 7.92. The number of pyridine rings is 1. The van der Waals surface area contributed by atoms with Crippen molar-refractivity contribution in [2.75, 3.05) is 64.8 Å². The van der Waals surface area contributed by atoms with Crippen LogP contribution in [0.3, 0.4) is 0 Å². The fraction of sp³-hybridized carbons (Fsp3) is 0.375. The number of piperazine rings is 1. The number of nitrogens with zero attached hydrogens (tertiary/aromatic N) is 2. The van der Waals surface area contributed by atoms with E-state index in [2.05, 4.69) is 51.4 Å². The van der Waals surface area contributed by atoms with E-state index in [0.29, 0.717) is 34.9 Å². The van der Waals surface area contributed by atoms with E-state index in [1.165, 1.54) is 5.69 Å². The van der Waals surface area contributed by atoms with Crippen LogP contribution in [0.4, 0.5) is 11.4 Å². The number of ether oxygens (including phenoxy) is 3. The molecule has 0 atom stereocenters. The first-order valence-corrected chi connectivity index (χ1v) is 10.7. The molecule has 1 saturated heterocycles. The molecule has 0 aliphatic carbocycles. The molecule has 0 saturated carbocycles. The van der Waals surface area contributed by atoms with Crippen LogP contribution in [0.15, 0.2) is 41.2 Å². The molecule has 1 fully saturated rings. The van der Waals surface area contributed by atoms with Gasteiger partial charge < -0.3 is 34.3 Å². The lowest BCUT2D eigenvalue weighted by Crippen LogP contribution is -2.44. The highest BCUT2D eigenvalue weighted by Gasteiger charge is 2.18. The summed E-state index contributed by atoms with van der Waals surface area (Å²) in [7, 11) is 6.84. The highest BCUT2D eigenvalue weighted by Crippen LogP contribution is 2.42. The van der Waals surface area contributed by atoms with Gasteiger partial charge in [-0.15, -0.1) is 0 Å². The molecule has 4 rings (SSSR count). The van der Waals surface area contributed by atoms with Crippen LogP contribution in [0.2, 0.25) is 0 Å². The Morgan fingerprint density at radius 3 is 2.25 bits per heavy atom. The highest BCUT2D eigenvalue weighted by molar-refractivity contribution is 5.90. The lowest BCUT2D eigenvalue weighted by Gasteiger charge is -2.34. The molecular formula is C24H30N4O4. The number of anilines is 2. The van der Waals surface area contributed by atoms with Crippen LogP contribution in [0, 0.1) is 0 Å². The molecule has 170 valence electrons. The number of fused-ring (bicyclic) bond motifs is 1. The normalized spacial score (nSPS) is 14.4. The number of methoxy groups -OCH3 is 3. The average Bonchev–Trinajstić information content (AvgIpc) is 2.82. The maximum Gasteiger partial charge on any atom is 0.253 e. The van der Waals surface area contributed by atoms with Gasteiger partial charge in [0.25, 0.3) is 5.56 Å². The number of likely N-dealkylation sites (N-methyl/N-ethyl adjacent to an activating group) is 1. The Balaban J connectivity index is 1.54. The van der Waals surface area contributed by atoms with Crippen LogP contribution in [0.5, 0.6) is 17.2 Å². The van der Waals surface area contributed by atoms with Crippen molar-refractivity contribution in [1.82, 2.24) is 9.88 Å². The Labute approximate surface area is 187 Å². The van der Waals surface area contributed by atoms with Gasteiger partial charge in [-0.05, 0) is 37.4 Å². The molecule has 0 bridgehead atoms. The minimum absolute atomic E-state index is 0.159. The maximum atomic E-state index is 12.7. The Bertz CT molecular complexity index is 1140. The third-order valence-electron chi connectivity index (χ3n) is 5.95. The van der Waals surface area contributed by atoms with E-state index in [9.17, 15) is 4.79 Å². The molecule has 8 nitrogen and oxygen atoms in total. The van der Waals surface area contributed by atoms with Crippen molar-refractivity contribution in [2.24, 2.45) is 0 Å². The van der Waals surface area contributed by atoms with Gasteiger partial charge in [-0.2, -0.15) is 0 Å².